The van der Waals surface area contributed by atoms with Gasteiger partial charge in [-0.1, -0.05) is 12.1 Å². The highest BCUT2D eigenvalue weighted by atomic mass is 19.4. The molecule has 0 aliphatic heterocycles. The molecule has 4 heteroatoms. The van der Waals surface area contributed by atoms with Crippen molar-refractivity contribution in [2.24, 2.45) is 0 Å². The van der Waals surface area contributed by atoms with Crippen LogP contribution in [0.5, 0.6) is 0 Å². The maximum atomic E-state index is 12.2. The predicted octanol–water partition coefficient (Wildman–Crippen LogP) is 3.18. The van der Waals surface area contributed by atoms with Gasteiger partial charge in [-0.05, 0) is 31.5 Å². The largest absolute Gasteiger partial charge is 0.416 e. The van der Waals surface area contributed by atoms with Crippen molar-refractivity contribution in [2.75, 3.05) is 0 Å². The molecule has 0 saturated carbocycles. The molecule has 15 heavy (non-hydrogen) atoms. The fourth-order valence-corrected chi connectivity index (χ4v) is 1.16. The van der Waals surface area contributed by atoms with Crippen molar-refractivity contribution in [1.29, 1.82) is 0 Å². The van der Waals surface area contributed by atoms with Gasteiger partial charge in [-0.15, -0.1) is 0 Å². The van der Waals surface area contributed by atoms with Crippen LogP contribution in [-0.4, -0.2) is 6.29 Å². The summed E-state index contributed by atoms with van der Waals surface area (Å²) in [6.07, 6.45) is -3.61. The second-order valence-corrected chi connectivity index (χ2v) is 3.91. The Morgan fingerprint density at radius 3 is 1.73 bits per heavy atom. The Labute approximate surface area is 85.9 Å². The number of halogens is 3. The number of alkyl halides is 3. The summed E-state index contributed by atoms with van der Waals surface area (Å²) in [5, 5.41) is 0. The minimum absolute atomic E-state index is 0.575. The zero-order valence-electron chi connectivity index (χ0n) is 8.43. The molecule has 0 aliphatic carbocycles. The van der Waals surface area contributed by atoms with E-state index in [2.05, 4.69) is 0 Å². The van der Waals surface area contributed by atoms with Crippen molar-refractivity contribution in [3.8, 4) is 0 Å². The molecule has 0 N–H and O–H groups in total. The molecule has 1 nitrogen and oxygen atoms in total. The lowest BCUT2D eigenvalue weighted by molar-refractivity contribution is -0.137. The highest BCUT2D eigenvalue weighted by Crippen LogP contribution is 2.30. The summed E-state index contributed by atoms with van der Waals surface area (Å²) in [6.45, 7) is 3.31. The molecule has 0 saturated heterocycles. The van der Waals surface area contributed by atoms with Crippen molar-refractivity contribution >= 4 is 6.29 Å². The number of benzene rings is 1. The second-order valence-electron chi connectivity index (χ2n) is 3.91. The first-order valence-electron chi connectivity index (χ1n) is 4.41. The molecule has 0 aliphatic rings. The summed E-state index contributed by atoms with van der Waals surface area (Å²) in [7, 11) is 0. The summed E-state index contributed by atoms with van der Waals surface area (Å²) in [4.78, 5) is 10.7. The van der Waals surface area contributed by atoms with Gasteiger partial charge < -0.3 is 4.79 Å². The smallest absolute Gasteiger partial charge is 0.302 e. The average Bonchev–Trinajstić information content (AvgIpc) is 2.17. The Bertz CT molecular complexity index is 349. The van der Waals surface area contributed by atoms with E-state index in [4.69, 9.17) is 0 Å². The highest BCUT2D eigenvalue weighted by molar-refractivity contribution is 5.67. The Morgan fingerprint density at radius 2 is 1.40 bits per heavy atom. The topological polar surface area (TPSA) is 17.1 Å². The lowest BCUT2D eigenvalue weighted by Crippen LogP contribution is -2.18. The fraction of sp³-hybridized carbons (Fsp3) is 0.364. The molecule has 0 unspecified atom stereocenters. The average molecular weight is 216 g/mol. The maximum absolute atomic E-state index is 12.2. The quantitative estimate of drug-likeness (QED) is 0.694. The van der Waals surface area contributed by atoms with Crippen LogP contribution in [-0.2, 0) is 16.4 Å². The van der Waals surface area contributed by atoms with Crippen molar-refractivity contribution < 1.29 is 18.0 Å². The van der Waals surface area contributed by atoms with E-state index in [1.165, 1.54) is 12.1 Å². The van der Waals surface area contributed by atoms with Gasteiger partial charge in [-0.2, -0.15) is 13.2 Å². The van der Waals surface area contributed by atoms with Crippen LogP contribution in [0.4, 0.5) is 13.2 Å². The summed E-state index contributed by atoms with van der Waals surface area (Å²) in [5.74, 6) is 0. The minimum atomic E-state index is -4.33. The number of aldehydes is 1. The fourth-order valence-electron chi connectivity index (χ4n) is 1.16. The molecule has 0 radical (unpaired) electrons. The van der Waals surface area contributed by atoms with Crippen molar-refractivity contribution in [1.82, 2.24) is 0 Å². The van der Waals surface area contributed by atoms with E-state index in [0.29, 0.717) is 5.56 Å². The number of hydrogen-bond donors (Lipinski definition) is 0. The molecule has 0 amide bonds. The number of rotatable bonds is 2. The standard InChI is InChI=1S/C11H11F3O/c1-10(2,7-15)8-3-5-9(6-4-8)11(12,13)14/h3-7H,1-2H3. The molecule has 1 aromatic rings. The van der Waals surface area contributed by atoms with Gasteiger partial charge in [0.15, 0.2) is 0 Å². The summed E-state index contributed by atoms with van der Waals surface area (Å²) < 4.78 is 36.7. The zero-order chi connectivity index (χ0) is 11.7. The number of carbonyl (C=O) groups excluding carboxylic acids is 1. The molecule has 0 atom stereocenters. The Balaban J connectivity index is 3.06. The molecular weight excluding hydrogens is 205 g/mol. The van der Waals surface area contributed by atoms with Crippen molar-refractivity contribution in [2.45, 2.75) is 25.4 Å². The van der Waals surface area contributed by atoms with Crippen LogP contribution in [0.25, 0.3) is 0 Å². The Kier molecular flexibility index (Phi) is 2.88. The molecule has 1 rings (SSSR count). The molecular formula is C11H11F3O. The third kappa shape index (κ3) is 2.58. The van der Waals surface area contributed by atoms with Crippen LogP contribution in [0.15, 0.2) is 24.3 Å². The third-order valence-electron chi connectivity index (χ3n) is 2.25. The lowest BCUT2D eigenvalue weighted by atomic mass is 9.86. The second kappa shape index (κ2) is 3.68. The van der Waals surface area contributed by atoms with Crippen LogP contribution in [0.1, 0.15) is 25.0 Å². The van der Waals surface area contributed by atoms with Gasteiger partial charge in [0.05, 0.1) is 5.56 Å². The van der Waals surface area contributed by atoms with E-state index in [1.807, 2.05) is 0 Å². The van der Waals surface area contributed by atoms with Gasteiger partial charge in [0.1, 0.15) is 6.29 Å². The Morgan fingerprint density at radius 1 is 1.00 bits per heavy atom. The SMILES string of the molecule is CC(C)(C=O)c1ccc(C(F)(F)F)cc1. The molecule has 1 aromatic carbocycles. The normalized spacial score (nSPS) is 12.6. The van der Waals surface area contributed by atoms with Gasteiger partial charge in [0.2, 0.25) is 0 Å². The van der Waals surface area contributed by atoms with E-state index < -0.39 is 17.2 Å². The molecule has 82 valence electrons. The van der Waals surface area contributed by atoms with Gasteiger partial charge in [0.25, 0.3) is 0 Å². The summed E-state index contributed by atoms with van der Waals surface area (Å²) >= 11 is 0. The Hall–Kier alpha value is -1.32. The van der Waals surface area contributed by atoms with E-state index in [-0.39, 0.29) is 0 Å². The van der Waals surface area contributed by atoms with Gasteiger partial charge in [-0.3, -0.25) is 0 Å². The van der Waals surface area contributed by atoms with Crippen molar-refractivity contribution in [3.63, 3.8) is 0 Å². The molecule has 0 bridgehead atoms. The molecule has 0 spiro atoms. The number of carbonyl (C=O) groups is 1. The van der Waals surface area contributed by atoms with E-state index in [1.54, 1.807) is 13.8 Å². The summed E-state index contributed by atoms with van der Waals surface area (Å²) in [5.41, 5.74) is -0.872. The third-order valence-corrected chi connectivity index (χ3v) is 2.25. The number of hydrogen-bond acceptors (Lipinski definition) is 1. The van der Waals surface area contributed by atoms with Crippen LogP contribution in [0.2, 0.25) is 0 Å². The van der Waals surface area contributed by atoms with Crippen LogP contribution < -0.4 is 0 Å². The summed E-state index contributed by atoms with van der Waals surface area (Å²) in [6, 6.07) is 4.63. The highest BCUT2D eigenvalue weighted by Gasteiger charge is 2.30. The zero-order valence-corrected chi connectivity index (χ0v) is 8.43. The van der Waals surface area contributed by atoms with Crippen molar-refractivity contribution in [3.05, 3.63) is 35.4 Å². The molecule has 0 aromatic heterocycles. The van der Waals surface area contributed by atoms with E-state index in [9.17, 15) is 18.0 Å². The molecule has 0 heterocycles. The first-order valence-corrected chi connectivity index (χ1v) is 4.41. The van der Waals surface area contributed by atoms with Crippen LogP contribution >= 0.6 is 0 Å². The minimum Gasteiger partial charge on any atom is -0.302 e. The van der Waals surface area contributed by atoms with Gasteiger partial charge in [-0.25, -0.2) is 0 Å². The predicted molar refractivity (Wildman–Crippen MR) is 50.5 cm³/mol. The van der Waals surface area contributed by atoms with E-state index in [0.717, 1.165) is 18.4 Å². The lowest BCUT2D eigenvalue weighted by Gasteiger charge is -2.17. The first kappa shape index (κ1) is 11.8. The van der Waals surface area contributed by atoms with Gasteiger partial charge >= 0.3 is 6.18 Å². The maximum Gasteiger partial charge on any atom is 0.416 e. The molecule has 0 fully saturated rings. The van der Waals surface area contributed by atoms with Gasteiger partial charge in [0, 0.05) is 5.41 Å². The van der Waals surface area contributed by atoms with Crippen LogP contribution in [0.3, 0.4) is 0 Å². The van der Waals surface area contributed by atoms with Crippen LogP contribution in [0, 0.1) is 0 Å². The monoisotopic (exact) mass is 216 g/mol. The van der Waals surface area contributed by atoms with E-state index >= 15 is 0 Å². The first-order chi connectivity index (χ1) is 6.77.